The number of benzene rings is 2. The van der Waals surface area contributed by atoms with Gasteiger partial charge in [-0.25, -0.2) is 0 Å². The second-order valence-corrected chi connectivity index (χ2v) is 4.77. The minimum atomic E-state index is 0.858. The Morgan fingerprint density at radius 2 is 1.81 bits per heavy atom. The quantitative estimate of drug-likeness (QED) is 0.877. The molecule has 0 unspecified atom stereocenters. The molecule has 0 aliphatic carbocycles. The van der Waals surface area contributed by atoms with Crippen LogP contribution in [0.5, 0.6) is 0 Å². The second kappa shape index (κ2) is 5.17. The third-order valence-corrected chi connectivity index (χ3v) is 2.94. The summed E-state index contributed by atoms with van der Waals surface area (Å²) in [5.74, 6) is 0. The highest BCUT2D eigenvalue weighted by Gasteiger charge is 1.94. The number of rotatable bonds is 3. The van der Waals surface area contributed by atoms with Crippen LogP contribution in [0.3, 0.4) is 0 Å². The molecular formula is C14H14BrN. The average Bonchev–Trinajstić information content (AvgIpc) is 2.28. The lowest BCUT2D eigenvalue weighted by Gasteiger charge is -2.07. The maximum absolute atomic E-state index is 3.46. The first-order chi connectivity index (χ1) is 7.74. The Balaban J connectivity index is 1.99. The van der Waals surface area contributed by atoms with Crippen molar-refractivity contribution >= 4 is 21.6 Å². The van der Waals surface area contributed by atoms with Gasteiger partial charge in [-0.3, -0.25) is 0 Å². The maximum atomic E-state index is 3.46. The zero-order chi connectivity index (χ0) is 11.4. The molecule has 1 N–H and O–H groups in total. The number of aryl methyl sites for hydroxylation is 1. The van der Waals surface area contributed by atoms with Crippen LogP contribution < -0.4 is 5.32 Å². The normalized spacial score (nSPS) is 10.1. The molecule has 2 heteroatoms. The molecule has 0 radical (unpaired) electrons. The molecule has 0 fully saturated rings. The van der Waals surface area contributed by atoms with Crippen LogP contribution in [0.25, 0.3) is 0 Å². The van der Waals surface area contributed by atoms with E-state index in [0.29, 0.717) is 0 Å². The van der Waals surface area contributed by atoms with Crippen molar-refractivity contribution in [3.8, 4) is 0 Å². The zero-order valence-electron chi connectivity index (χ0n) is 9.20. The van der Waals surface area contributed by atoms with E-state index in [4.69, 9.17) is 0 Å². The van der Waals surface area contributed by atoms with Crippen molar-refractivity contribution in [1.82, 2.24) is 0 Å². The Bertz CT molecular complexity index is 462. The molecule has 16 heavy (non-hydrogen) atoms. The first-order valence-corrected chi connectivity index (χ1v) is 6.08. The molecule has 0 spiro atoms. The van der Waals surface area contributed by atoms with Crippen molar-refractivity contribution in [2.75, 3.05) is 5.32 Å². The summed E-state index contributed by atoms with van der Waals surface area (Å²) in [6, 6.07) is 16.8. The fourth-order valence-corrected chi connectivity index (χ4v) is 1.91. The SMILES string of the molecule is Cc1ccc(CNc2cccc(Br)c2)cc1. The summed E-state index contributed by atoms with van der Waals surface area (Å²) < 4.78 is 1.10. The molecule has 0 heterocycles. The Kier molecular flexibility index (Phi) is 3.62. The van der Waals surface area contributed by atoms with E-state index in [0.717, 1.165) is 16.7 Å². The smallest absolute Gasteiger partial charge is 0.0400 e. The molecular weight excluding hydrogens is 262 g/mol. The Morgan fingerprint density at radius 1 is 1.06 bits per heavy atom. The number of hydrogen-bond donors (Lipinski definition) is 1. The monoisotopic (exact) mass is 275 g/mol. The van der Waals surface area contributed by atoms with Crippen LogP contribution in [-0.4, -0.2) is 0 Å². The van der Waals surface area contributed by atoms with Gasteiger partial charge in [0.1, 0.15) is 0 Å². The zero-order valence-corrected chi connectivity index (χ0v) is 10.8. The van der Waals surface area contributed by atoms with E-state index in [9.17, 15) is 0 Å². The minimum Gasteiger partial charge on any atom is -0.381 e. The average molecular weight is 276 g/mol. The van der Waals surface area contributed by atoms with Crippen molar-refractivity contribution in [2.24, 2.45) is 0 Å². The molecule has 0 aromatic heterocycles. The second-order valence-electron chi connectivity index (χ2n) is 3.85. The van der Waals surface area contributed by atoms with Crippen LogP contribution in [0.15, 0.2) is 53.0 Å². The van der Waals surface area contributed by atoms with Gasteiger partial charge in [-0.05, 0) is 30.7 Å². The van der Waals surface area contributed by atoms with Gasteiger partial charge in [-0.1, -0.05) is 51.8 Å². The van der Waals surface area contributed by atoms with Crippen LogP contribution in [-0.2, 0) is 6.54 Å². The van der Waals surface area contributed by atoms with Crippen LogP contribution in [0.4, 0.5) is 5.69 Å². The van der Waals surface area contributed by atoms with Crippen molar-refractivity contribution in [2.45, 2.75) is 13.5 Å². The highest BCUT2D eigenvalue weighted by Crippen LogP contribution is 2.16. The van der Waals surface area contributed by atoms with Gasteiger partial charge in [0.05, 0.1) is 0 Å². The standard InChI is InChI=1S/C14H14BrN/c1-11-5-7-12(8-6-11)10-16-14-4-2-3-13(15)9-14/h2-9,16H,10H2,1H3. The Labute approximate surface area is 105 Å². The summed E-state index contributed by atoms with van der Waals surface area (Å²) in [5.41, 5.74) is 3.73. The highest BCUT2D eigenvalue weighted by molar-refractivity contribution is 9.10. The lowest BCUT2D eigenvalue weighted by molar-refractivity contribution is 1.14. The third-order valence-electron chi connectivity index (χ3n) is 2.44. The van der Waals surface area contributed by atoms with E-state index in [1.165, 1.54) is 11.1 Å². The highest BCUT2D eigenvalue weighted by atomic mass is 79.9. The predicted molar refractivity (Wildman–Crippen MR) is 72.6 cm³/mol. The molecule has 0 aliphatic heterocycles. The van der Waals surface area contributed by atoms with Gasteiger partial charge in [0.25, 0.3) is 0 Å². The molecule has 0 amide bonds. The van der Waals surface area contributed by atoms with Gasteiger partial charge < -0.3 is 5.32 Å². The molecule has 0 bridgehead atoms. The largest absolute Gasteiger partial charge is 0.381 e. The number of anilines is 1. The summed E-state index contributed by atoms with van der Waals surface area (Å²) in [6.45, 7) is 2.96. The third kappa shape index (κ3) is 3.11. The van der Waals surface area contributed by atoms with Gasteiger partial charge >= 0.3 is 0 Å². The molecule has 0 atom stereocenters. The van der Waals surface area contributed by atoms with Crippen LogP contribution >= 0.6 is 15.9 Å². The van der Waals surface area contributed by atoms with Crippen molar-refractivity contribution in [1.29, 1.82) is 0 Å². The Hall–Kier alpha value is -1.28. The van der Waals surface area contributed by atoms with Gasteiger partial charge in [0, 0.05) is 16.7 Å². The summed E-state index contributed by atoms with van der Waals surface area (Å²) in [5, 5.41) is 3.39. The molecule has 0 aliphatic rings. The van der Waals surface area contributed by atoms with Gasteiger partial charge in [0.2, 0.25) is 0 Å². The fraction of sp³-hybridized carbons (Fsp3) is 0.143. The fourth-order valence-electron chi connectivity index (χ4n) is 1.51. The summed E-state index contributed by atoms with van der Waals surface area (Å²) >= 11 is 3.46. The van der Waals surface area contributed by atoms with Crippen LogP contribution in [0.2, 0.25) is 0 Å². The Morgan fingerprint density at radius 3 is 2.50 bits per heavy atom. The van der Waals surface area contributed by atoms with Crippen molar-refractivity contribution in [3.63, 3.8) is 0 Å². The first-order valence-electron chi connectivity index (χ1n) is 5.29. The molecule has 1 nitrogen and oxygen atoms in total. The number of halogens is 1. The minimum absolute atomic E-state index is 0.858. The lowest BCUT2D eigenvalue weighted by atomic mass is 10.1. The van der Waals surface area contributed by atoms with E-state index in [2.05, 4.69) is 64.6 Å². The molecule has 2 aromatic rings. The van der Waals surface area contributed by atoms with E-state index >= 15 is 0 Å². The molecule has 2 aromatic carbocycles. The molecule has 82 valence electrons. The molecule has 0 saturated heterocycles. The van der Waals surface area contributed by atoms with Gasteiger partial charge in [-0.2, -0.15) is 0 Å². The predicted octanol–water partition coefficient (Wildman–Crippen LogP) is 4.37. The van der Waals surface area contributed by atoms with Gasteiger partial charge in [-0.15, -0.1) is 0 Å². The summed E-state index contributed by atoms with van der Waals surface area (Å²) in [4.78, 5) is 0. The van der Waals surface area contributed by atoms with Crippen molar-refractivity contribution < 1.29 is 0 Å². The summed E-state index contributed by atoms with van der Waals surface area (Å²) in [7, 11) is 0. The molecule has 2 rings (SSSR count). The number of hydrogen-bond acceptors (Lipinski definition) is 1. The van der Waals surface area contributed by atoms with E-state index in [1.807, 2.05) is 12.1 Å². The lowest BCUT2D eigenvalue weighted by Crippen LogP contribution is -1.98. The van der Waals surface area contributed by atoms with Gasteiger partial charge in [0.15, 0.2) is 0 Å². The van der Waals surface area contributed by atoms with Crippen molar-refractivity contribution in [3.05, 3.63) is 64.1 Å². The molecule has 0 saturated carbocycles. The van der Waals surface area contributed by atoms with Crippen LogP contribution in [0.1, 0.15) is 11.1 Å². The van der Waals surface area contributed by atoms with E-state index < -0.39 is 0 Å². The van der Waals surface area contributed by atoms with Crippen LogP contribution in [0, 0.1) is 6.92 Å². The topological polar surface area (TPSA) is 12.0 Å². The maximum Gasteiger partial charge on any atom is 0.0400 e. The van der Waals surface area contributed by atoms with E-state index in [-0.39, 0.29) is 0 Å². The number of nitrogens with one attached hydrogen (secondary N) is 1. The first kappa shape index (κ1) is 11.2. The summed E-state index contributed by atoms with van der Waals surface area (Å²) in [6.07, 6.45) is 0. The van der Waals surface area contributed by atoms with E-state index in [1.54, 1.807) is 0 Å².